The molecule has 0 aliphatic rings. The van der Waals surface area contributed by atoms with E-state index < -0.39 is 52.1 Å². The van der Waals surface area contributed by atoms with E-state index in [1.807, 2.05) is 6.92 Å². The van der Waals surface area contributed by atoms with Crippen LogP contribution in [0.15, 0.2) is 48.5 Å². The van der Waals surface area contributed by atoms with Crippen LogP contribution in [0.2, 0.25) is 0 Å². The number of hydrogen-bond donors (Lipinski definition) is 0. The Kier molecular flexibility index (Phi) is 6.31. The van der Waals surface area contributed by atoms with Crippen LogP contribution in [0.1, 0.15) is 35.6 Å². The maximum absolute atomic E-state index is 14.8. The molecule has 0 spiro atoms. The summed E-state index contributed by atoms with van der Waals surface area (Å²) in [6.45, 7) is 1.87. The molecule has 0 N–H and O–H groups in total. The average molecular weight is 462 g/mol. The first-order valence-corrected chi connectivity index (χ1v) is 9.39. The van der Waals surface area contributed by atoms with Crippen molar-refractivity contribution in [2.24, 2.45) is 0 Å². The van der Waals surface area contributed by atoms with E-state index >= 15 is 0 Å². The van der Waals surface area contributed by atoms with Crippen molar-refractivity contribution in [2.75, 3.05) is 0 Å². The molecule has 0 atom stereocenters. The molecule has 0 heterocycles. The second kappa shape index (κ2) is 8.52. The maximum atomic E-state index is 14.8. The molecule has 0 fully saturated rings. The Labute approximate surface area is 177 Å². The molecule has 3 aromatic carbocycles. The third-order valence-electron chi connectivity index (χ3n) is 4.88. The molecule has 0 aliphatic carbocycles. The fourth-order valence-electron chi connectivity index (χ4n) is 3.35. The van der Waals surface area contributed by atoms with E-state index in [-0.39, 0.29) is 29.3 Å². The lowest BCUT2D eigenvalue weighted by molar-refractivity contribution is -0.140. The van der Waals surface area contributed by atoms with Crippen LogP contribution in [-0.4, -0.2) is 0 Å². The highest BCUT2D eigenvalue weighted by molar-refractivity contribution is 5.65. The lowest BCUT2D eigenvalue weighted by Gasteiger charge is -2.20. The van der Waals surface area contributed by atoms with Gasteiger partial charge in [-0.2, -0.15) is 22.0 Å². The maximum Gasteiger partial charge on any atom is 0.419 e. The van der Waals surface area contributed by atoms with Crippen molar-refractivity contribution < 1.29 is 39.5 Å². The largest absolute Gasteiger partial charge is 0.419 e. The third-order valence-corrected chi connectivity index (χ3v) is 4.88. The molecule has 0 aliphatic heterocycles. The van der Waals surface area contributed by atoms with Crippen molar-refractivity contribution in [3.63, 3.8) is 0 Å². The van der Waals surface area contributed by atoms with Gasteiger partial charge in [0.1, 0.15) is 23.3 Å². The van der Waals surface area contributed by atoms with Crippen LogP contribution in [0.3, 0.4) is 0 Å². The van der Waals surface area contributed by atoms with Gasteiger partial charge < -0.3 is 0 Å². The Morgan fingerprint density at radius 1 is 0.688 bits per heavy atom. The van der Waals surface area contributed by atoms with Crippen molar-refractivity contribution in [1.82, 2.24) is 0 Å². The molecule has 0 bridgehead atoms. The fourth-order valence-corrected chi connectivity index (χ4v) is 3.35. The highest BCUT2D eigenvalue weighted by atomic mass is 19.4. The van der Waals surface area contributed by atoms with Crippen molar-refractivity contribution in [2.45, 2.75) is 31.9 Å². The minimum atomic E-state index is -5.13. The van der Waals surface area contributed by atoms with Gasteiger partial charge >= 0.3 is 12.1 Å². The van der Waals surface area contributed by atoms with Crippen molar-refractivity contribution >= 4 is 0 Å². The second-order valence-corrected chi connectivity index (χ2v) is 7.15. The number of rotatable bonds is 5. The highest BCUT2D eigenvalue weighted by Gasteiger charge is 2.42. The zero-order chi connectivity index (χ0) is 23.8. The van der Waals surface area contributed by atoms with Crippen LogP contribution in [0.5, 0.6) is 0 Å². The molecule has 0 unspecified atom stereocenters. The smallest absolute Gasteiger partial charge is 0.206 e. The standard InChI is InChI=1S/C23H15F9/c1-2-3-12-4-6-15(17(24)8-12)13-9-19(26)21(20(27)10-13)22(28,29)14-5-7-16(18(25)11-14)23(30,31)32/h4-11H,2-3H2,1H3. The van der Waals surface area contributed by atoms with Gasteiger partial charge in [0, 0.05) is 11.1 Å². The van der Waals surface area contributed by atoms with Crippen molar-refractivity contribution in [3.05, 3.63) is 94.1 Å². The zero-order valence-corrected chi connectivity index (χ0v) is 16.4. The second-order valence-electron chi connectivity index (χ2n) is 7.15. The number of alkyl halides is 5. The summed E-state index contributed by atoms with van der Waals surface area (Å²) in [5.74, 6) is -10.8. The number of benzene rings is 3. The SMILES string of the molecule is CCCc1ccc(-c2cc(F)c(C(F)(F)c3ccc(C(F)(F)F)c(F)c3)c(F)c2)c(F)c1. The molecular weight excluding hydrogens is 447 g/mol. The fraction of sp³-hybridized carbons (Fsp3) is 0.217. The molecule has 0 radical (unpaired) electrons. The van der Waals surface area contributed by atoms with Gasteiger partial charge in [0.2, 0.25) is 0 Å². The lowest BCUT2D eigenvalue weighted by atomic mass is 9.94. The predicted molar refractivity (Wildman–Crippen MR) is 100 cm³/mol. The zero-order valence-electron chi connectivity index (χ0n) is 16.4. The minimum Gasteiger partial charge on any atom is -0.206 e. The molecule has 0 saturated heterocycles. The number of aryl methyl sites for hydroxylation is 1. The van der Waals surface area contributed by atoms with Crippen LogP contribution >= 0.6 is 0 Å². The number of hydrogen-bond acceptors (Lipinski definition) is 0. The summed E-state index contributed by atoms with van der Waals surface area (Å²) in [6.07, 6.45) is -3.84. The van der Waals surface area contributed by atoms with E-state index in [1.54, 1.807) is 0 Å². The van der Waals surface area contributed by atoms with Gasteiger partial charge in [0.15, 0.2) is 0 Å². The Balaban J connectivity index is 2.05. The first-order chi connectivity index (χ1) is 14.9. The first-order valence-electron chi connectivity index (χ1n) is 9.39. The van der Waals surface area contributed by atoms with Crippen LogP contribution in [0.4, 0.5) is 39.5 Å². The minimum absolute atomic E-state index is 0.0655. The van der Waals surface area contributed by atoms with Gasteiger partial charge in [-0.25, -0.2) is 17.6 Å². The van der Waals surface area contributed by atoms with Gasteiger partial charge in [-0.15, -0.1) is 0 Å². The predicted octanol–water partition coefficient (Wildman–Crippen LogP) is 8.02. The van der Waals surface area contributed by atoms with Crippen molar-refractivity contribution in [3.8, 4) is 11.1 Å². The Hall–Kier alpha value is -2.97. The first kappa shape index (κ1) is 23.7. The monoisotopic (exact) mass is 462 g/mol. The summed E-state index contributed by atoms with van der Waals surface area (Å²) >= 11 is 0. The molecule has 0 aromatic heterocycles. The van der Waals surface area contributed by atoms with E-state index in [2.05, 4.69) is 0 Å². The molecule has 3 rings (SSSR count). The van der Waals surface area contributed by atoms with E-state index in [9.17, 15) is 39.5 Å². The van der Waals surface area contributed by atoms with Gasteiger partial charge in [0.05, 0.1) is 11.1 Å². The Morgan fingerprint density at radius 3 is 1.81 bits per heavy atom. The number of halogens is 9. The normalized spacial score (nSPS) is 12.3. The van der Waals surface area contributed by atoms with Crippen LogP contribution in [-0.2, 0) is 18.5 Å². The lowest BCUT2D eigenvalue weighted by Crippen LogP contribution is -2.21. The van der Waals surface area contributed by atoms with Gasteiger partial charge in [-0.05, 0) is 47.9 Å². The van der Waals surface area contributed by atoms with Crippen LogP contribution in [0, 0.1) is 23.3 Å². The van der Waals surface area contributed by atoms with Crippen LogP contribution < -0.4 is 0 Å². The van der Waals surface area contributed by atoms with E-state index in [1.165, 1.54) is 18.2 Å². The molecule has 170 valence electrons. The van der Waals surface area contributed by atoms with Gasteiger partial charge in [-0.3, -0.25) is 0 Å². The molecule has 0 nitrogen and oxygen atoms in total. The van der Waals surface area contributed by atoms with Gasteiger partial charge in [0.25, 0.3) is 0 Å². The summed E-state index contributed by atoms with van der Waals surface area (Å²) in [5.41, 5.74) is -4.89. The quantitative estimate of drug-likeness (QED) is 0.337. The van der Waals surface area contributed by atoms with Crippen LogP contribution in [0.25, 0.3) is 11.1 Å². The molecule has 9 heteroatoms. The Bertz CT molecular complexity index is 1120. The third kappa shape index (κ3) is 4.47. The van der Waals surface area contributed by atoms with E-state index in [0.717, 1.165) is 6.42 Å². The molecule has 0 amide bonds. The molecule has 0 saturated carbocycles. The van der Waals surface area contributed by atoms with Crippen molar-refractivity contribution in [1.29, 1.82) is 0 Å². The Morgan fingerprint density at radius 2 is 1.31 bits per heavy atom. The molecule has 32 heavy (non-hydrogen) atoms. The summed E-state index contributed by atoms with van der Waals surface area (Å²) in [7, 11) is 0. The summed E-state index contributed by atoms with van der Waals surface area (Å²) < 4.78 is 125. The van der Waals surface area contributed by atoms with E-state index in [0.29, 0.717) is 24.1 Å². The van der Waals surface area contributed by atoms with E-state index in [4.69, 9.17) is 0 Å². The molecular formula is C23H15F9. The summed E-state index contributed by atoms with van der Waals surface area (Å²) in [5, 5.41) is 0. The topological polar surface area (TPSA) is 0 Å². The van der Waals surface area contributed by atoms with Gasteiger partial charge in [-0.1, -0.05) is 31.5 Å². The summed E-state index contributed by atoms with van der Waals surface area (Å²) in [4.78, 5) is 0. The highest BCUT2D eigenvalue weighted by Crippen LogP contribution is 2.42. The average Bonchev–Trinajstić information content (AvgIpc) is 2.66. The summed E-state index contributed by atoms with van der Waals surface area (Å²) in [6, 6.07) is 5.13. The molecule has 3 aromatic rings.